The fraction of sp³-hybridized carbons (Fsp3) is 1.00. The second-order valence-electron chi connectivity index (χ2n) is 1.22. The number of thiol groups is 1. The molecule has 0 aromatic carbocycles. The Bertz CT molecular complexity index is 78.9. The zero-order valence-electron chi connectivity index (χ0n) is 3.35. The van der Waals surface area contributed by atoms with Crippen LogP contribution in [0.15, 0.2) is 0 Å². The lowest BCUT2D eigenvalue weighted by Gasteiger charge is -1.78. The van der Waals surface area contributed by atoms with Gasteiger partial charge in [-0.3, -0.25) is 0 Å². The molecule has 1 aliphatic heterocycles. The minimum Gasteiger partial charge on any atom is -0.162 e. The van der Waals surface area contributed by atoms with Crippen molar-refractivity contribution in [3.63, 3.8) is 0 Å². The summed E-state index contributed by atoms with van der Waals surface area (Å²) >= 11 is 0. The Kier molecular flexibility index (Phi) is 2.00. The highest BCUT2D eigenvalue weighted by molar-refractivity contribution is 8.47. The van der Waals surface area contributed by atoms with Crippen LogP contribution in [0.25, 0.3) is 0 Å². The van der Waals surface area contributed by atoms with Crippen LogP contribution in [0.3, 0.4) is 0 Å². The number of hydrogen-bond donors (Lipinski definition) is 1. The van der Waals surface area contributed by atoms with E-state index in [-0.39, 0.29) is 8.67 Å². The van der Waals surface area contributed by atoms with Gasteiger partial charge in [-0.25, -0.2) is 0 Å². The molecule has 0 fully saturated rings. The van der Waals surface area contributed by atoms with Crippen LogP contribution in [0.4, 0.5) is 0 Å². The molecule has 6 heavy (non-hydrogen) atoms. The monoisotopic (exact) mass is 142 g/mol. The first kappa shape index (κ1) is 5.13. The Balaban J connectivity index is 2.45. The fourth-order valence-corrected chi connectivity index (χ4v) is 4.33. The molecule has 0 bridgehead atoms. The smallest absolute Gasteiger partial charge is 0.00800 e. The Hall–Kier alpha value is 0.990. The van der Waals surface area contributed by atoms with Crippen LogP contribution in [-0.4, -0.2) is 11.5 Å². The van der Waals surface area contributed by atoms with Crippen molar-refractivity contribution in [2.45, 2.75) is 6.42 Å². The van der Waals surface area contributed by atoms with Crippen molar-refractivity contribution in [1.29, 1.82) is 0 Å². The topological polar surface area (TPSA) is 0 Å². The molecule has 38 valence electrons. The molecule has 0 aromatic heterocycles. The molecule has 0 saturated heterocycles. The molecule has 0 N–H and O–H groups in total. The Morgan fingerprint density at radius 3 is 2.67 bits per heavy atom. The highest BCUT2D eigenvalue weighted by Gasteiger charge is 1.95. The molecule has 0 aromatic rings. The number of rotatable bonds is 0. The summed E-state index contributed by atoms with van der Waals surface area (Å²) in [6, 6.07) is 0. The Morgan fingerprint density at radius 1 is 1.67 bits per heavy atom. The summed E-state index contributed by atoms with van der Waals surface area (Å²) in [5, 5.41) is 0. The van der Waals surface area contributed by atoms with E-state index in [0.717, 1.165) is 0 Å². The van der Waals surface area contributed by atoms with Crippen molar-refractivity contribution in [3.8, 4) is 0 Å². The van der Waals surface area contributed by atoms with Crippen molar-refractivity contribution in [2.75, 3.05) is 11.5 Å². The Morgan fingerprint density at radius 2 is 2.50 bits per heavy atom. The second-order valence-corrected chi connectivity index (χ2v) is 6.81. The molecule has 0 saturated carbocycles. The summed E-state index contributed by atoms with van der Waals surface area (Å²) in [7, 11) is 7.48. The van der Waals surface area contributed by atoms with Crippen molar-refractivity contribution < 1.29 is 0 Å². The molecule has 0 aliphatic carbocycles. The van der Waals surface area contributed by atoms with Crippen LogP contribution in [0.1, 0.15) is 6.42 Å². The third-order valence-corrected chi connectivity index (χ3v) is 5.38. The van der Waals surface area contributed by atoms with Gasteiger partial charge in [-0.2, -0.15) is 10.3 Å². The van der Waals surface area contributed by atoms with Gasteiger partial charge in [0.1, 0.15) is 0 Å². The summed E-state index contributed by atoms with van der Waals surface area (Å²) in [6.45, 7) is 0. The minimum absolute atomic E-state index is 0.272. The highest BCUT2D eigenvalue weighted by atomic mass is 35.7. The lowest BCUT2D eigenvalue weighted by atomic mass is 10.6. The zero-order chi connectivity index (χ0) is 4.41. The number of halogens is 1. The molecule has 3 heteroatoms. The molecular weight excluding hydrogens is 136 g/mol. The molecule has 0 nitrogen and oxygen atoms in total. The van der Waals surface area contributed by atoms with Crippen LogP contribution >= 0.6 is 10.7 Å². The predicted octanol–water partition coefficient (Wildman–Crippen LogP) is 0.892. The second kappa shape index (κ2) is 2.34. The van der Waals surface area contributed by atoms with E-state index in [0.29, 0.717) is 0 Å². The maximum Gasteiger partial charge on any atom is 0.00800 e. The third kappa shape index (κ3) is 1.24. The van der Waals surface area contributed by atoms with Crippen LogP contribution in [0, 0.1) is 0 Å². The molecule has 1 atom stereocenters. The molecule has 0 amide bonds. The van der Waals surface area contributed by atoms with Gasteiger partial charge in [0.2, 0.25) is 0 Å². The average molecular weight is 143 g/mol. The van der Waals surface area contributed by atoms with Gasteiger partial charge in [-0.15, -0.1) is 0 Å². The summed E-state index contributed by atoms with van der Waals surface area (Å²) in [5.74, 6) is 2.61. The van der Waals surface area contributed by atoms with E-state index in [1.807, 2.05) is 0 Å². The van der Waals surface area contributed by atoms with E-state index in [9.17, 15) is 0 Å². The highest BCUT2D eigenvalue weighted by Crippen LogP contribution is 2.02. The lowest BCUT2D eigenvalue weighted by molar-refractivity contribution is 1.14. The van der Waals surface area contributed by atoms with Gasteiger partial charge in [0.15, 0.2) is 0 Å². The van der Waals surface area contributed by atoms with Gasteiger partial charge >= 0.3 is 0 Å². The Labute approximate surface area is 47.9 Å². The summed E-state index contributed by atoms with van der Waals surface area (Å²) in [6.07, 6.45) is 1.36. The van der Waals surface area contributed by atoms with E-state index >= 15 is 0 Å². The van der Waals surface area contributed by atoms with E-state index in [1.54, 1.807) is 0 Å². The van der Waals surface area contributed by atoms with Gasteiger partial charge < -0.3 is 0 Å². The predicted molar refractivity (Wildman–Crippen MR) is 36.3 cm³/mol. The molecular formula is C3H7ClS2. The van der Waals surface area contributed by atoms with Crippen LogP contribution < -0.4 is 0 Å². The average Bonchev–Trinajstić information content (AvgIpc) is 1.86. The van der Waals surface area contributed by atoms with Gasteiger partial charge in [0.25, 0.3) is 0 Å². The molecule has 1 aliphatic rings. The first-order valence-electron chi connectivity index (χ1n) is 1.94. The number of hydrogen-bond acceptors (Lipinski definition) is 0. The SMILES string of the molecule is ClS1=[SH]CCC1. The molecule has 0 spiro atoms. The van der Waals surface area contributed by atoms with Crippen LogP contribution in [-0.2, 0) is 19.0 Å². The van der Waals surface area contributed by atoms with E-state index in [2.05, 4.69) is 0 Å². The quantitative estimate of drug-likeness (QED) is 0.377. The van der Waals surface area contributed by atoms with Crippen LogP contribution in [0.5, 0.6) is 0 Å². The van der Waals surface area contributed by atoms with Crippen molar-refractivity contribution >= 4 is 29.7 Å². The summed E-state index contributed by atoms with van der Waals surface area (Å²) in [5.41, 5.74) is 0. The fourth-order valence-electron chi connectivity index (χ4n) is 0.412. The molecule has 1 heterocycles. The zero-order valence-corrected chi connectivity index (χ0v) is 5.82. The molecule has 1 unspecified atom stereocenters. The van der Waals surface area contributed by atoms with Crippen molar-refractivity contribution in [3.05, 3.63) is 0 Å². The standard InChI is InChI=1S/C3H7ClS2/c4-6-3-1-2-5-6/h5H,1-3H2. The largest absolute Gasteiger partial charge is 0.162 e. The van der Waals surface area contributed by atoms with Gasteiger partial charge in [0, 0.05) is 5.75 Å². The maximum absolute atomic E-state index is 5.73. The van der Waals surface area contributed by atoms with Gasteiger partial charge in [-0.05, 0) is 22.9 Å². The van der Waals surface area contributed by atoms with Gasteiger partial charge in [0.05, 0.1) is 0 Å². The normalized spacial score (nSPS) is 34.5. The van der Waals surface area contributed by atoms with E-state index in [4.69, 9.17) is 10.7 Å². The molecule has 0 radical (unpaired) electrons. The van der Waals surface area contributed by atoms with Crippen molar-refractivity contribution in [2.24, 2.45) is 0 Å². The van der Waals surface area contributed by atoms with Crippen molar-refractivity contribution in [1.82, 2.24) is 0 Å². The third-order valence-electron chi connectivity index (χ3n) is 0.702. The van der Waals surface area contributed by atoms with Crippen LogP contribution in [0.2, 0.25) is 0 Å². The first-order chi connectivity index (χ1) is 2.89. The van der Waals surface area contributed by atoms with E-state index < -0.39 is 0 Å². The lowest BCUT2D eigenvalue weighted by Crippen LogP contribution is -1.75. The first-order valence-corrected chi connectivity index (χ1v) is 5.85. The molecule has 1 rings (SSSR count). The summed E-state index contributed by atoms with van der Waals surface area (Å²) in [4.78, 5) is 0. The summed E-state index contributed by atoms with van der Waals surface area (Å²) < 4.78 is 0. The maximum atomic E-state index is 5.73. The van der Waals surface area contributed by atoms with E-state index in [1.165, 1.54) is 28.2 Å². The van der Waals surface area contributed by atoms with Gasteiger partial charge in [-0.1, -0.05) is 8.67 Å². The minimum atomic E-state index is 0.272.